The van der Waals surface area contributed by atoms with Gasteiger partial charge in [-0.2, -0.15) is 0 Å². The molecule has 4 unspecified atom stereocenters. The molecule has 4 atom stereocenters. The van der Waals surface area contributed by atoms with Crippen molar-refractivity contribution in [2.24, 2.45) is 0 Å². The fourth-order valence-corrected chi connectivity index (χ4v) is 4.66. The predicted octanol–water partition coefficient (Wildman–Crippen LogP) is 2.44. The number of halogens is 1. The highest BCUT2D eigenvalue weighted by Crippen LogP contribution is 2.47. The summed E-state index contributed by atoms with van der Waals surface area (Å²) in [5, 5.41) is 23.3. The van der Waals surface area contributed by atoms with E-state index in [1.807, 2.05) is 12.1 Å². The molecule has 7 nitrogen and oxygen atoms in total. The number of rotatable bonds is 7. The summed E-state index contributed by atoms with van der Waals surface area (Å²) in [6.45, 7) is 3.26. The van der Waals surface area contributed by atoms with E-state index in [0.717, 1.165) is 11.1 Å². The number of benzene rings is 2. The molecule has 3 N–H and O–H groups in total. The third kappa shape index (κ3) is 4.99. The lowest BCUT2D eigenvalue weighted by Crippen LogP contribution is -2.55. The van der Waals surface area contributed by atoms with Crippen LogP contribution < -0.4 is 10.1 Å². The summed E-state index contributed by atoms with van der Waals surface area (Å²) in [7, 11) is 0. The van der Waals surface area contributed by atoms with Crippen molar-refractivity contribution in [1.29, 1.82) is 0 Å². The van der Waals surface area contributed by atoms with Gasteiger partial charge in [-0.3, -0.25) is 9.59 Å². The summed E-state index contributed by atoms with van der Waals surface area (Å²) in [6.07, 6.45) is 0.994. The molecule has 184 valence electrons. The first-order valence-electron chi connectivity index (χ1n) is 11.5. The van der Waals surface area contributed by atoms with E-state index in [1.54, 1.807) is 50.3 Å². The van der Waals surface area contributed by atoms with Crippen LogP contribution in [-0.2, 0) is 16.1 Å². The molecule has 0 radical (unpaired) electrons. The van der Waals surface area contributed by atoms with E-state index in [2.05, 4.69) is 5.32 Å². The Kier molecular flexibility index (Phi) is 7.33. The summed E-state index contributed by atoms with van der Waals surface area (Å²) in [5.74, 6) is -1.31. The minimum atomic E-state index is -1.18. The van der Waals surface area contributed by atoms with Gasteiger partial charge in [0.2, 0.25) is 11.8 Å². The first-order valence-corrected chi connectivity index (χ1v) is 11.5. The Labute approximate surface area is 203 Å². The van der Waals surface area contributed by atoms with Crippen molar-refractivity contribution in [3.05, 3.63) is 88.8 Å². The van der Waals surface area contributed by atoms with Crippen molar-refractivity contribution < 1.29 is 28.9 Å². The second kappa shape index (κ2) is 10.4. The van der Waals surface area contributed by atoms with Gasteiger partial charge >= 0.3 is 0 Å². The molecule has 0 bridgehead atoms. The number of amides is 2. The normalized spacial score (nSPS) is 22.3. The molecule has 0 saturated carbocycles. The monoisotopic (exact) mass is 480 g/mol. The van der Waals surface area contributed by atoms with Crippen molar-refractivity contribution in [3.8, 4) is 5.75 Å². The highest BCUT2D eigenvalue weighted by molar-refractivity contribution is 5.96. The van der Waals surface area contributed by atoms with Crippen molar-refractivity contribution in [3.63, 3.8) is 0 Å². The Bertz CT molecular complexity index is 1170. The maximum Gasteiger partial charge on any atom is 0.247 e. The number of nitrogens with zero attached hydrogens (tertiary/aromatic N) is 1. The quantitative estimate of drug-likeness (QED) is 0.529. The molecule has 0 spiro atoms. The van der Waals surface area contributed by atoms with Crippen LogP contribution in [0.25, 0.3) is 0 Å². The molecule has 1 heterocycles. The summed E-state index contributed by atoms with van der Waals surface area (Å²) >= 11 is 0. The molecular weight excluding hydrogens is 451 g/mol. The van der Waals surface area contributed by atoms with Gasteiger partial charge in [-0.05, 0) is 32.1 Å². The Morgan fingerprint density at radius 1 is 1.14 bits per heavy atom. The maximum atomic E-state index is 14.5. The van der Waals surface area contributed by atoms with Crippen LogP contribution in [0, 0.1) is 5.82 Å². The molecule has 2 amide bonds. The largest absolute Gasteiger partial charge is 0.486 e. The smallest absolute Gasteiger partial charge is 0.247 e. The molecule has 0 saturated heterocycles. The van der Waals surface area contributed by atoms with Crippen LogP contribution in [0.4, 0.5) is 4.39 Å². The number of aliphatic hydroxyl groups is 2. The number of hydrogen-bond donors (Lipinski definition) is 3. The van der Waals surface area contributed by atoms with Gasteiger partial charge in [0.25, 0.3) is 0 Å². The average molecular weight is 481 g/mol. The molecule has 2 aromatic carbocycles. The number of fused-ring (bicyclic) bond motifs is 3. The summed E-state index contributed by atoms with van der Waals surface area (Å²) in [4.78, 5) is 27.8. The summed E-state index contributed by atoms with van der Waals surface area (Å²) in [6, 6.07) is 12.4. The van der Waals surface area contributed by atoms with Crippen LogP contribution in [0.2, 0.25) is 0 Å². The van der Waals surface area contributed by atoms with Crippen molar-refractivity contribution in [2.45, 2.75) is 44.6 Å². The molecule has 2 aliphatic rings. The number of carbonyl (C=O) groups excluding carboxylic acids is 2. The lowest BCUT2D eigenvalue weighted by molar-refractivity contribution is -0.133. The van der Waals surface area contributed by atoms with Gasteiger partial charge in [0.05, 0.1) is 18.6 Å². The molecule has 0 aromatic heterocycles. The fraction of sp³-hybridized carbons (Fsp3) is 0.333. The highest BCUT2D eigenvalue weighted by Gasteiger charge is 2.50. The van der Waals surface area contributed by atoms with Crippen LogP contribution in [0.1, 0.15) is 30.9 Å². The van der Waals surface area contributed by atoms with Crippen LogP contribution in [0.5, 0.6) is 5.75 Å². The summed E-state index contributed by atoms with van der Waals surface area (Å²) < 4.78 is 20.6. The van der Waals surface area contributed by atoms with Gasteiger partial charge in [0, 0.05) is 35.9 Å². The first kappa shape index (κ1) is 24.6. The second-order valence-electron chi connectivity index (χ2n) is 8.96. The minimum Gasteiger partial charge on any atom is -0.486 e. The molecule has 1 aliphatic heterocycles. The number of para-hydroxylation sites is 1. The lowest BCUT2D eigenvalue weighted by Gasteiger charge is -2.40. The Morgan fingerprint density at radius 2 is 1.86 bits per heavy atom. The van der Waals surface area contributed by atoms with E-state index in [9.17, 15) is 24.2 Å². The molecular formula is C27H29FN2O5. The zero-order valence-electron chi connectivity index (χ0n) is 19.6. The van der Waals surface area contributed by atoms with E-state index in [-0.39, 0.29) is 25.3 Å². The fourth-order valence-electron chi connectivity index (χ4n) is 4.66. The number of ether oxygens (including phenoxy) is 1. The Hall–Kier alpha value is -3.49. The predicted molar refractivity (Wildman–Crippen MR) is 128 cm³/mol. The van der Waals surface area contributed by atoms with Crippen LogP contribution in [-0.4, -0.2) is 58.3 Å². The van der Waals surface area contributed by atoms with Gasteiger partial charge in [-0.25, -0.2) is 4.39 Å². The van der Waals surface area contributed by atoms with Gasteiger partial charge < -0.3 is 25.2 Å². The van der Waals surface area contributed by atoms with Gasteiger partial charge in [0.15, 0.2) is 0 Å². The molecule has 1 aliphatic carbocycles. The van der Waals surface area contributed by atoms with E-state index in [0.29, 0.717) is 11.3 Å². The van der Waals surface area contributed by atoms with E-state index in [4.69, 9.17) is 4.74 Å². The minimum absolute atomic E-state index is 0.0545. The van der Waals surface area contributed by atoms with Gasteiger partial charge in [-0.1, -0.05) is 42.0 Å². The maximum absolute atomic E-state index is 14.5. The molecule has 2 aromatic rings. The molecule has 8 heteroatoms. The molecule has 0 fully saturated rings. The number of nitrogens with one attached hydrogen (secondary N) is 1. The first-order chi connectivity index (χ1) is 16.8. The number of hydrogen-bond acceptors (Lipinski definition) is 5. The van der Waals surface area contributed by atoms with Crippen molar-refractivity contribution in [2.75, 3.05) is 13.2 Å². The third-order valence-corrected chi connectivity index (χ3v) is 6.23. The van der Waals surface area contributed by atoms with Crippen LogP contribution in [0.3, 0.4) is 0 Å². The number of carbonyl (C=O) groups is 2. The van der Waals surface area contributed by atoms with E-state index in [1.165, 1.54) is 17.0 Å². The van der Waals surface area contributed by atoms with Gasteiger partial charge in [0.1, 0.15) is 23.8 Å². The second-order valence-corrected chi connectivity index (χ2v) is 8.96. The summed E-state index contributed by atoms with van der Waals surface area (Å²) in [5.41, 5.74) is 2.11. The standard InChI is InChI=1S/C27H29FN2O5/c1-16(2)13-23(32)30(15-17-7-3-5-9-20(17)28)21-14-19(27(34)29-11-12-31)24-18-8-4-6-10-22(18)35-26(24)25(21)33/h3-10,13-14,21,24-26,31,33H,11-12,15H2,1-2H3,(H,29,34). The SMILES string of the molecule is CC(C)=CC(=O)N(Cc1ccccc1F)C1C=C(C(=O)NCCO)C2c3ccccc3OC2C1O. The third-order valence-electron chi connectivity index (χ3n) is 6.23. The van der Waals surface area contributed by atoms with Gasteiger partial charge in [-0.15, -0.1) is 0 Å². The Morgan fingerprint density at radius 3 is 2.57 bits per heavy atom. The van der Waals surface area contributed by atoms with E-state index < -0.39 is 41.8 Å². The molecule has 4 rings (SSSR count). The highest BCUT2D eigenvalue weighted by atomic mass is 19.1. The van der Waals surface area contributed by atoms with E-state index >= 15 is 0 Å². The number of allylic oxidation sites excluding steroid dienone is 1. The van der Waals surface area contributed by atoms with Crippen LogP contribution >= 0.6 is 0 Å². The topological polar surface area (TPSA) is 99.1 Å². The zero-order chi connectivity index (χ0) is 25.1. The van der Waals surface area contributed by atoms with Crippen LogP contribution in [0.15, 0.2) is 71.8 Å². The van der Waals surface area contributed by atoms with Crippen molar-refractivity contribution in [1.82, 2.24) is 10.2 Å². The van der Waals surface area contributed by atoms with Crippen molar-refractivity contribution >= 4 is 11.8 Å². The lowest BCUT2D eigenvalue weighted by atomic mass is 9.77. The number of aliphatic hydroxyl groups excluding tert-OH is 2. The average Bonchev–Trinajstić information content (AvgIpc) is 3.22. The molecule has 35 heavy (non-hydrogen) atoms. The zero-order valence-corrected chi connectivity index (χ0v) is 19.6. The Balaban J connectivity index is 1.79.